The van der Waals surface area contributed by atoms with Crippen LogP contribution < -0.4 is 0 Å². The molecule has 0 aliphatic heterocycles. The van der Waals surface area contributed by atoms with Gasteiger partial charge in [-0.2, -0.15) is 0 Å². The molecule has 0 heterocycles. The van der Waals surface area contributed by atoms with Gasteiger partial charge in [-0.1, -0.05) is 31.7 Å². The number of aldehydes is 1. The van der Waals surface area contributed by atoms with Gasteiger partial charge < -0.3 is 5.11 Å². The van der Waals surface area contributed by atoms with Crippen LogP contribution in [0.5, 0.6) is 5.75 Å². The van der Waals surface area contributed by atoms with E-state index in [0.29, 0.717) is 11.8 Å². The van der Waals surface area contributed by atoms with E-state index in [1.54, 1.807) is 12.1 Å². The van der Waals surface area contributed by atoms with Crippen molar-refractivity contribution in [2.24, 2.45) is 5.92 Å². The van der Waals surface area contributed by atoms with Crippen LogP contribution in [0.25, 0.3) is 0 Å². The molecule has 1 aromatic carbocycles. The minimum atomic E-state index is 0.112. The second-order valence-electron chi connectivity index (χ2n) is 4.37. The lowest BCUT2D eigenvalue weighted by atomic mass is 9.97. The van der Waals surface area contributed by atoms with Crippen LogP contribution in [-0.2, 0) is 6.42 Å². The molecule has 0 saturated heterocycles. The number of hydrogen-bond donors (Lipinski definition) is 1. The molecule has 2 nitrogen and oxygen atoms in total. The summed E-state index contributed by atoms with van der Waals surface area (Å²) in [5, 5.41) is 9.53. The van der Waals surface area contributed by atoms with Crippen molar-refractivity contribution in [1.29, 1.82) is 0 Å². The lowest BCUT2D eigenvalue weighted by molar-refractivity contribution is 0.112. The van der Waals surface area contributed by atoms with Gasteiger partial charge in [-0.15, -0.1) is 0 Å². The highest BCUT2D eigenvalue weighted by Gasteiger charge is 2.15. The molecule has 1 N–H and O–H groups in total. The van der Waals surface area contributed by atoms with E-state index in [4.69, 9.17) is 0 Å². The van der Waals surface area contributed by atoms with E-state index in [-0.39, 0.29) is 5.75 Å². The number of carbonyl (C=O) groups excluding carboxylic acids is 1. The number of benzene rings is 1. The van der Waals surface area contributed by atoms with Crippen molar-refractivity contribution in [3.05, 3.63) is 29.3 Å². The first-order chi connectivity index (χ1) is 7.29. The zero-order valence-corrected chi connectivity index (χ0v) is 8.78. The summed E-state index contributed by atoms with van der Waals surface area (Å²) in [5.74, 6) is 0.881. The second-order valence-corrected chi connectivity index (χ2v) is 4.37. The highest BCUT2D eigenvalue weighted by Crippen LogP contribution is 2.29. The van der Waals surface area contributed by atoms with Gasteiger partial charge in [0.05, 0.1) is 5.56 Å². The molecular weight excluding hydrogens is 188 g/mol. The summed E-state index contributed by atoms with van der Waals surface area (Å²) in [7, 11) is 0. The monoisotopic (exact) mass is 204 g/mol. The maximum Gasteiger partial charge on any atom is 0.153 e. The van der Waals surface area contributed by atoms with Crippen molar-refractivity contribution in [2.75, 3.05) is 0 Å². The third-order valence-corrected chi connectivity index (χ3v) is 3.22. The lowest BCUT2D eigenvalue weighted by Crippen LogP contribution is -1.98. The molecule has 0 amide bonds. The van der Waals surface area contributed by atoms with E-state index in [9.17, 15) is 9.90 Å². The van der Waals surface area contributed by atoms with Gasteiger partial charge >= 0.3 is 0 Å². The summed E-state index contributed by atoms with van der Waals surface area (Å²) in [4.78, 5) is 10.5. The summed E-state index contributed by atoms with van der Waals surface area (Å²) in [6.45, 7) is 0. The molecule has 1 aromatic rings. The Morgan fingerprint density at radius 1 is 1.33 bits per heavy atom. The third-order valence-electron chi connectivity index (χ3n) is 3.22. The van der Waals surface area contributed by atoms with Gasteiger partial charge in [-0.25, -0.2) is 0 Å². The first kappa shape index (κ1) is 10.2. The Bertz CT molecular complexity index is 352. The SMILES string of the molecule is O=Cc1ccc(CC2CCCC2)cc1O. The van der Waals surface area contributed by atoms with E-state index in [2.05, 4.69) is 0 Å². The number of carbonyl (C=O) groups is 1. The van der Waals surface area contributed by atoms with Crippen LogP contribution in [0.15, 0.2) is 18.2 Å². The molecular formula is C13H16O2. The minimum absolute atomic E-state index is 0.112. The number of rotatable bonds is 3. The van der Waals surface area contributed by atoms with E-state index in [0.717, 1.165) is 17.9 Å². The average Bonchev–Trinajstić information content (AvgIpc) is 2.71. The average molecular weight is 204 g/mol. The summed E-state index contributed by atoms with van der Waals surface area (Å²) >= 11 is 0. The summed E-state index contributed by atoms with van der Waals surface area (Å²) in [6, 6.07) is 5.37. The predicted octanol–water partition coefficient (Wildman–Crippen LogP) is 2.94. The van der Waals surface area contributed by atoms with E-state index in [1.165, 1.54) is 25.7 Å². The van der Waals surface area contributed by atoms with Gasteiger partial charge in [0.1, 0.15) is 5.75 Å². The molecule has 1 saturated carbocycles. The fourth-order valence-electron chi connectivity index (χ4n) is 2.36. The Morgan fingerprint density at radius 2 is 2.07 bits per heavy atom. The van der Waals surface area contributed by atoms with Crippen LogP contribution in [0.1, 0.15) is 41.6 Å². The number of phenols is 1. The first-order valence-corrected chi connectivity index (χ1v) is 5.56. The number of hydrogen-bond acceptors (Lipinski definition) is 2. The van der Waals surface area contributed by atoms with Crippen molar-refractivity contribution in [3.8, 4) is 5.75 Å². The lowest BCUT2D eigenvalue weighted by Gasteiger charge is -2.09. The molecule has 0 bridgehead atoms. The van der Waals surface area contributed by atoms with Crippen LogP contribution in [0.2, 0.25) is 0 Å². The summed E-state index contributed by atoms with van der Waals surface area (Å²) < 4.78 is 0. The summed E-state index contributed by atoms with van der Waals surface area (Å²) in [5.41, 5.74) is 1.52. The largest absolute Gasteiger partial charge is 0.507 e. The van der Waals surface area contributed by atoms with Crippen molar-refractivity contribution in [2.45, 2.75) is 32.1 Å². The number of aromatic hydroxyl groups is 1. The predicted molar refractivity (Wildman–Crippen MR) is 59.2 cm³/mol. The van der Waals surface area contributed by atoms with Gasteiger partial charge in [0.15, 0.2) is 6.29 Å². The van der Waals surface area contributed by atoms with Crippen LogP contribution >= 0.6 is 0 Å². The fraction of sp³-hybridized carbons (Fsp3) is 0.462. The van der Waals surface area contributed by atoms with Crippen molar-refractivity contribution >= 4 is 6.29 Å². The molecule has 1 aliphatic carbocycles. The molecule has 0 spiro atoms. The van der Waals surface area contributed by atoms with Crippen molar-refractivity contribution in [1.82, 2.24) is 0 Å². The van der Waals surface area contributed by atoms with E-state index < -0.39 is 0 Å². The van der Waals surface area contributed by atoms with E-state index >= 15 is 0 Å². The molecule has 0 radical (unpaired) electrons. The Hall–Kier alpha value is -1.31. The minimum Gasteiger partial charge on any atom is -0.507 e. The highest BCUT2D eigenvalue weighted by molar-refractivity contribution is 5.79. The molecule has 1 aliphatic rings. The van der Waals surface area contributed by atoms with Crippen LogP contribution in [-0.4, -0.2) is 11.4 Å². The van der Waals surface area contributed by atoms with Crippen LogP contribution in [0.3, 0.4) is 0 Å². The highest BCUT2D eigenvalue weighted by atomic mass is 16.3. The van der Waals surface area contributed by atoms with Gasteiger partial charge in [0.25, 0.3) is 0 Å². The molecule has 0 atom stereocenters. The molecule has 0 unspecified atom stereocenters. The topological polar surface area (TPSA) is 37.3 Å². The Balaban J connectivity index is 2.08. The maximum absolute atomic E-state index is 10.5. The van der Waals surface area contributed by atoms with Gasteiger partial charge in [0, 0.05) is 0 Å². The smallest absolute Gasteiger partial charge is 0.153 e. The fourth-order valence-corrected chi connectivity index (χ4v) is 2.36. The first-order valence-electron chi connectivity index (χ1n) is 5.56. The molecule has 80 valence electrons. The van der Waals surface area contributed by atoms with Gasteiger partial charge in [0.2, 0.25) is 0 Å². The third kappa shape index (κ3) is 2.38. The molecule has 2 heteroatoms. The molecule has 15 heavy (non-hydrogen) atoms. The normalized spacial score (nSPS) is 16.8. The zero-order valence-electron chi connectivity index (χ0n) is 8.78. The molecule has 1 fully saturated rings. The van der Waals surface area contributed by atoms with Gasteiger partial charge in [-0.3, -0.25) is 4.79 Å². The van der Waals surface area contributed by atoms with Crippen molar-refractivity contribution < 1.29 is 9.90 Å². The zero-order chi connectivity index (χ0) is 10.7. The van der Waals surface area contributed by atoms with Gasteiger partial charge in [-0.05, 0) is 30.0 Å². The van der Waals surface area contributed by atoms with E-state index in [1.807, 2.05) is 6.07 Å². The Kier molecular flexibility index (Phi) is 3.05. The Labute approximate surface area is 89.9 Å². The quantitative estimate of drug-likeness (QED) is 0.768. The standard InChI is InChI=1S/C13H16O2/c14-9-12-6-5-11(8-13(12)15)7-10-3-1-2-4-10/h5-6,8-10,15H,1-4,7H2. The summed E-state index contributed by atoms with van der Waals surface area (Å²) in [6.07, 6.45) is 7.00. The molecule has 2 rings (SSSR count). The molecule has 0 aromatic heterocycles. The van der Waals surface area contributed by atoms with Crippen molar-refractivity contribution in [3.63, 3.8) is 0 Å². The van der Waals surface area contributed by atoms with Crippen LogP contribution in [0.4, 0.5) is 0 Å². The second kappa shape index (κ2) is 4.47. The maximum atomic E-state index is 10.5. The Morgan fingerprint density at radius 3 is 2.67 bits per heavy atom. The number of phenolic OH excluding ortho intramolecular Hbond substituents is 1. The van der Waals surface area contributed by atoms with Crippen LogP contribution in [0, 0.1) is 5.92 Å².